The molecule has 0 radical (unpaired) electrons. The van der Waals surface area contributed by atoms with Gasteiger partial charge >= 0.3 is 7.82 Å². The van der Waals surface area contributed by atoms with Gasteiger partial charge in [-0.05, 0) is 18.4 Å². The highest BCUT2D eigenvalue weighted by Crippen LogP contribution is 2.41. The topological polar surface area (TPSA) is 84.9 Å². The second-order valence-corrected chi connectivity index (χ2v) is 5.64. The maximum Gasteiger partial charge on any atom is 0.493 e. The third kappa shape index (κ3) is 7.40. The second kappa shape index (κ2) is 8.87. The summed E-state index contributed by atoms with van der Waals surface area (Å²) in [7, 11) is -4.25. The van der Waals surface area contributed by atoms with Crippen molar-refractivity contribution >= 4 is 13.7 Å². The number of unbranched alkanes of at least 4 members (excludes halogenated alkanes) is 1. The predicted octanol–water partition coefficient (Wildman–Crippen LogP) is 2.58. The van der Waals surface area contributed by atoms with Crippen molar-refractivity contribution in [1.29, 1.82) is 0 Å². The third-order valence-electron chi connectivity index (χ3n) is 2.52. The zero-order valence-corrected chi connectivity index (χ0v) is 12.3. The van der Waals surface area contributed by atoms with Gasteiger partial charge in [0.05, 0.1) is 6.61 Å². The van der Waals surface area contributed by atoms with Gasteiger partial charge < -0.3 is 4.89 Å². The van der Waals surface area contributed by atoms with Crippen LogP contribution in [0, 0.1) is 0 Å². The molecule has 0 heterocycles. The lowest BCUT2D eigenvalue weighted by Gasteiger charge is -2.12. The maximum absolute atomic E-state index is 11.5. The SMILES string of the molecule is CCCCC(=O)NOP(=O)(O)OCCc1ccccc1. The molecule has 1 aromatic carbocycles. The zero-order chi connectivity index (χ0) is 14.8. The summed E-state index contributed by atoms with van der Waals surface area (Å²) in [6, 6.07) is 9.41. The summed E-state index contributed by atoms with van der Waals surface area (Å²) in [5.41, 5.74) is 2.91. The number of carbonyl (C=O) groups excluding carboxylic acids is 1. The molecule has 20 heavy (non-hydrogen) atoms. The maximum atomic E-state index is 11.5. The number of benzene rings is 1. The fraction of sp³-hybridized carbons (Fsp3) is 0.462. The minimum atomic E-state index is -4.25. The normalized spacial score (nSPS) is 13.7. The summed E-state index contributed by atoms with van der Waals surface area (Å²) in [6.07, 6.45) is 2.29. The van der Waals surface area contributed by atoms with Crippen molar-refractivity contribution in [3.63, 3.8) is 0 Å². The van der Waals surface area contributed by atoms with Gasteiger partial charge in [-0.15, -0.1) is 0 Å². The first-order valence-electron chi connectivity index (χ1n) is 6.52. The molecule has 1 amide bonds. The lowest BCUT2D eigenvalue weighted by atomic mass is 10.2. The quantitative estimate of drug-likeness (QED) is 0.541. The summed E-state index contributed by atoms with van der Waals surface area (Å²) < 4.78 is 20.7. The average Bonchev–Trinajstić information content (AvgIpc) is 2.44. The van der Waals surface area contributed by atoms with Gasteiger partial charge in [-0.2, -0.15) is 4.62 Å². The molecule has 1 aromatic rings. The molecule has 0 bridgehead atoms. The van der Waals surface area contributed by atoms with E-state index in [1.54, 1.807) is 0 Å². The molecule has 0 aliphatic heterocycles. The molecular formula is C13H20NO5P. The van der Waals surface area contributed by atoms with E-state index in [0.717, 1.165) is 12.0 Å². The average molecular weight is 301 g/mol. The van der Waals surface area contributed by atoms with Crippen molar-refractivity contribution in [2.24, 2.45) is 0 Å². The van der Waals surface area contributed by atoms with E-state index in [-0.39, 0.29) is 13.0 Å². The van der Waals surface area contributed by atoms with E-state index in [1.165, 1.54) is 0 Å². The van der Waals surface area contributed by atoms with Crippen molar-refractivity contribution in [1.82, 2.24) is 5.48 Å². The molecule has 112 valence electrons. The van der Waals surface area contributed by atoms with Crippen molar-refractivity contribution in [3.8, 4) is 0 Å². The summed E-state index contributed by atoms with van der Waals surface area (Å²) in [5, 5.41) is 0. The fourth-order valence-electron chi connectivity index (χ4n) is 1.45. The van der Waals surface area contributed by atoms with E-state index in [1.807, 2.05) is 42.7 Å². The molecule has 0 aromatic heterocycles. The molecule has 1 rings (SSSR count). The largest absolute Gasteiger partial charge is 0.493 e. The smallest absolute Gasteiger partial charge is 0.301 e. The van der Waals surface area contributed by atoms with Gasteiger partial charge in [-0.1, -0.05) is 43.7 Å². The lowest BCUT2D eigenvalue weighted by molar-refractivity contribution is -0.128. The van der Waals surface area contributed by atoms with Crippen LogP contribution in [0.2, 0.25) is 0 Å². The summed E-state index contributed by atoms with van der Waals surface area (Å²) in [5.74, 6) is -0.437. The van der Waals surface area contributed by atoms with Crippen LogP contribution in [-0.4, -0.2) is 17.4 Å². The molecule has 0 saturated heterocycles. The molecule has 0 saturated carbocycles. The van der Waals surface area contributed by atoms with Gasteiger partial charge in [0.15, 0.2) is 0 Å². The van der Waals surface area contributed by atoms with Crippen LogP contribution in [0.5, 0.6) is 0 Å². The minimum Gasteiger partial charge on any atom is -0.301 e. The summed E-state index contributed by atoms with van der Waals surface area (Å²) in [4.78, 5) is 20.6. The number of carbonyl (C=O) groups is 1. The van der Waals surface area contributed by atoms with Crippen LogP contribution >= 0.6 is 7.82 Å². The Hall–Kier alpha value is -1.20. The highest BCUT2D eigenvalue weighted by atomic mass is 31.2. The summed E-state index contributed by atoms with van der Waals surface area (Å²) >= 11 is 0. The van der Waals surface area contributed by atoms with Gasteiger partial charge in [0.2, 0.25) is 5.91 Å². The van der Waals surface area contributed by atoms with Crippen LogP contribution in [0.15, 0.2) is 30.3 Å². The first kappa shape index (κ1) is 16.9. The number of phosphoric ester groups is 1. The summed E-state index contributed by atoms with van der Waals surface area (Å²) in [6.45, 7) is 1.97. The van der Waals surface area contributed by atoms with Crippen LogP contribution in [0.4, 0.5) is 0 Å². The van der Waals surface area contributed by atoms with Crippen LogP contribution in [0.3, 0.4) is 0 Å². The van der Waals surface area contributed by atoms with Crippen molar-refractivity contribution in [2.45, 2.75) is 32.6 Å². The van der Waals surface area contributed by atoms with E-state index in [9.17, 15) is 14.3 Å². The van der Waals surface area contributed by atoms with Gasteiger partial charge in [0.25, 0.3) is 0 Å². The molecule has 2 N–H and O–H groups in total. The molecular weight excluding hydrogens is 281 g/mol. The lowest BCUT2D eigenvalue weighted by Crippen LogP contribution is -2.22. The Labute approximate surface area is 118 Å². The Morgan fingerprint density at radius 3 is 2.70 bits per heavy atom. The Bertz CT molecular complexity index is 451. The molecule has 0 aliphatic carbocycles. The van der Waals surface area contributed by atoms with E-state index >= 15 is 0 Å². The number of rotatable bonds is 9. The van der Waals surface area contributed by atoms with E-state index in [2.05, 4.69) is 4.62 Å². The van der Waals surface area contributed by atoms with Crippen LogP contribution in [0.25, 0.3) is 0 Å². The molecule has 1 atom stereocenters. The van der Waals surface area contributed by atoms with Crippen LogP contribution < -0.4 is 5.48 Å². The number of nitrogens with one attached hydrogen (secondary N) is 1. The van der Waals surface area contributed by atoms with Crippen molar-refractivity contribution < 1.29 is 23.4 Å². The Morgan fingerprint density at radius 2 is 2.05 bits per heavy atom. The van der Waals surface area contributed by atoms with Crippen LogP contribution in [0.1, 0.15) is 31.7 Å². The number of hydroxylamine groups is 1. The Kier molecular flexibility index (Phi) is 7.47. The van der Waals surface area contributed by atoms with Gasteiger partial charge in [0.1, 0.15) is 0 Å². The number of hydrogen-bond donors (Lipinski definition) is 2. The fourth-order valence-corrected chi connectivity index (χ4v) is 2.04. The number of amides is 1. The highest BCUT2D eigenvalue weighted by Gasteiger charge is 2.22. The van der Waals surface area contributed by atoms with E-state index < -0.39 is 13.7 Å². The Morgan fingerprint density at radius 1 is 1.35 bits per heavy atom. The molecule has 6 nitrogen and oxygen atoms in total. The monoisotopic (exact) mass is 301 g/mol. The van der Waals surface area contributed by atoms with E-state index in [4.69, 9.17) is 4.52 Å². The zero-order valence-electron chi connectivity index (χ0n) is 11.4. The minimum absolute atomic E-state index is 0.0304. The Balaban J connectivity index is 2.24. The standard InChI is InChI=1S/C13H20NO5P/c1-2-3-9-13(15)14-19-20(16,17)18-11-10-12-7-5-4-6-8-12/h4-8H,2-3,9-11H2,1H3,(H,14,15)(H,16,17). The van der Waals surface area contributed by atoms with Crippen LogP contribution in [-0.2, 0) is 24.9 Å². The molecule has 7 heteroatoms. The highest BCUT2D eigenvalue weighted by molar-refractivity contribution is 7.47. The molecule has 0 fully saturated rings. The van der Waals surface area contributed by atoms with E-state index in [0.29, 0.717) is 12.8 Å². The number of hydrogen-bond acceptors (Lipinski definition) is 4. The third-order valence-corrected chi connectivity index (χ3v) is 3.35. The molecule has 0 spiro atoms. The molecule has 0 aliphatic rings. The predicted molar refractivity (Wildman–Crippen MR) is 74.7 cm³/mol. The van der Waals surface area contributed by atoms with Crippen molar-refractivity contribution in [3.05, 3.63) is 35.9 Å². The van der Waals surface area contributed by atoms with Gasteiger partial charge in [-0.25, -0.2) is 10.0 Å². The van der Waals surface area contributed by atoms with Gasteiger partial charge in [0, 0.05) is 6.42 Å². The molecule has 1 unspecified atom stereocenters. The van der Waals surface area contributed by atoms with Crippen molar-refractivity contribution in [2.75, 3.05) is 6.61 Å². The first-order valence-corrected chi connectivity index (χ1v) is 8.01. The first-order chi connectivity index (χ1) is 9.53. The number of phosphoric acid groups is 1. The van der Waals surface area contributed by atoms with Gasteiger partial charge in [-0.3, -0.25) is 9.32 Å². The second-order valence-electron chi connectivity index (χ2n) is 4.26.